The molecule has 27 heavy (non-hydrogen) atoms. The molecule has 2 aromatic heterocycles. The molecule has 0 fully saturated rings. The zero-order valence-electron chi connectivity index (χ0n) is 15.5. The van der Waals surface area contributed by atoms with E-state index in [4.69, 9.17) is 4.74 Å². The van der Waals surface area contributed by atoms with E-state index in [1.807, 2.05) is 5.38 Å². The van der Waals surface area contributed by atoms with Crippen LogP contribution in [0.2, 0.25) is 0 Å². The highest BCUT2D eigenvalue weighted by Crippen LogP contribution is 2.33. The molecule has 1 aromatic carbocycles. The van der Waals surface area contributed by atoms with Gasteiger partial charge in [0.1, 0.15) is 10.9 Å². The Bertz CT molecular complexity index is 1070. The van der Waals surface area contributed by atoms with Crippen LogP contribution >= 0.6 is 11.3 Å². The Labute approximate surface area is 161 Å². The van der Waals surface area contributed by atoms with Crippen molar-refractivity contribution in [3.05, 3.63) is 51.4 Å². The van der Waals surface area contributed by atoms with E-state index in [0.717, 1.165) is 24.0 Å². The summed E-state index contributed by atoms with van der Waals surface area (Å²) < 4.78 is 6.43. The van der Waals surface area contributed by atoms with E-state index < -0.39 is 12.0 Å². The van der Waals surface area contributed by atoms with Crippen LogP contribution in [0.5, 0.6) is 0 Å². The second kappa shape index (κ2) is 7.27. The lowest BCUT2D eigenvalue weighted by Gasteiger charge is -2.16. The summed E-state index contributed by atoms with van der Waals surface area (Å²) in [5.74, 6) is -0.425. The van der Waals surface area contributed by atoms with Crippen LogP contribution < -0.4 is 5.56 Å². The van der Waals surface area contributed by atoms with Crippen LogP contribution in [0.1, 0.15) is 43.9 Å². The van der Waals surface area contributed by atoms with Gasteiger partial charge in [-0.05, 0) is 56.2 Å². The minimum Gasteiger partial charge on any atom is -0.464 e. The number of esters is 1. The van der Waals surface area contributed by atoms with E-state index in [0.29, 0.717) is 10.2 Å². The van der Waals surface area contributed by atoms with Crippen molar-refractivity contribution in [1.82, 2.24) is 9.55 Å². The lowest BCUT2D eigenvalue weighted by atomic mass is 9.89. The minimum atomic E-state index is -0.703. The Morgan fingerprint density at radius 1 is 1.30 bits per heavy atom. The van der Waals surface area contributed by atoms with Gasteiger partial charge in [-0.3, -0.25) is 9.36 Å². The Balaban J connectivity index is 1.82. The summed E-state index contributed by atoms with van der Waals surface area (Å²) in [5.41, 5.74) is 4.53. The van der Waals surface area contributed by atoms with Crippen molar-refractivity contribution in [3.8, 4) is 11.1 Å². The number of rotatable bonds is 4. The quantitative estimate of drug-likeness (QED) is 0.637. The average molecular weight is 382 g/mol. The zero-order chi connectivity index (χ0) is 19.0. The highest BCUT2D eigenvalue weighted by atomic mass is 32.1. The third-order valence-electron chi connectivity index (χ3n) is 5.22. The van der Waals surface area contributed by atoms with Crippen LogP contribution in [0, 0.1) is 0 Å². The Hall–Kier alpha value is -2.47. The normalized spacial score (nSPS) is 14.7. The van der Waals surface area contributed by atoms with Gasteiger partial charge < -0.3 is 4.74 Å². The molecule has 1 aliphatic rings. The van der Waals surface area contributed by atoms with E-state index in [-0.39, 0.29) is 12.2 Å². The monoisotopic (exact) mass is 382 g/mol. The molecular formula is C21H22N2O3S. The van der Waals surface area contributed by atoms with Crippen molar-refractivity contribution >= 4 is 27.5 Å². The molecule has 140 valence electrons. The van der Waals surface area contributed by atoms with Gasteiger partial charge >= 0.3 is 5.97 Å². The number of carbonyl (C=O) groups excluding carboxylic acids is 1. The molecule has 0 aliphatic heterocycles. The summed E-state index contributed by atoms with van der Waals surface area (Å²) in [7, 11) is 0. The molecule has 0 amide bonds. The first kappa shape index (κ1) is 17.9. The number of benzene rings is 1. The number of ether oxygens (including phenoxy) is 1. The molecule has 3 aromatic rings. The van der Waals surface area contributed by atoms with Crippen LogP contribution in [0.15, 0.2) is 34.7 Å². The molecule has 0 saturated heterocycles. The van der Waals surface area contributed by atoms with Gasteiger partial charge in [0.05, 0.1) is 18.3 Å². The molecule has 1 aliphatic carbocycles. The predicted molar refractivity (Wildman–Crippen MR) is 107 cm³/mol. The molecule has 1 atom stereocenters. The van der Waals surface area contributed by atoms with Gasteiger partial charge in [-0.15, -0.1) is 11.3 Å². The molecule has 4 rings (SSSR count). The fourth-order valence-electron chi connectivity index (χ4n) is 3.71. The number of hydrogen-bond donors (Lipinski definition) is 0. The van der Waals surface area contributed by atoms with Gasteiger partial charge in [0.25, 0.3) is 5.56 Å². The average Bonchev–Trinajstić information content (AvgIpc) is 3.12. The molecule has 1 unspecified atom stereocenters. The second-order valence-electron chi connectivity index (χ2n) is 6.91. The van der Waals surface area contributed by atoms with E-state index in [9.17, 15) is 9.59 Å². The Kier molecular flexibility index (Phi) is 4.83. The first-order valence-corrected chi connectivity index (χ1v) is 10.2. The maximum absolute atomic E-state index is 13.1. The molecule has 0 radical (unpaired) electrons. The summed E-state index contributed by atoms with van der Waals surface area (Å²) in [6.45, 7) is 3.70. The van der Waals surface area contributed by atoms with Crippen molar-refractivity contribution in [3.63, 3.8) is 0 Å². The highest BCUT2D eigenvalue weighted by Gasteiger charge is 2.21. The number of hydrogen-bond acceptors (Lipinski definition) is 5. The first-order chi connectivity index (χ1) is 13.1. The maximum atomic E-state index is 13.1. The van der Waals surface area contributed by atoms with Gasteiger partial charge in [-0.1, -0.05) is 18.2 Å². The van der Waals surface area contributed by atoms with Crippen molar-refractivity contribution in [2.24, 2.45) is 0 Å². The first-order valence-electron chi connectivity index (χ1n) is 9.37. The minimum absolute atomic E-state index is 0.200. The SMILES string of the molecule is CCOC(=O)C(C)n1cnc2scc(-c3ccc4c(c3)CCCC4)c2c1=O. The molecular weight excluding hydrogens is 360 g/mol. The fourth-order valence-corrected chi connectivity index (χ4v) is 4.62. The number of carbonyl (C=O) groups is 1. The molecule has 0 saturated carbocycles. The molecule has 6 heteroatoms. The highest BCUT2D eigenvalue weighted by molar-refractivity contribution is 7.17. The van der Waals surface area contributed by atoms with Gasteiger partial charge in [-0.2, -0.15) is 0 Å². The van der Waals surface area contributed by atoms with E-state index in [2.05, 4.69) is 23.2 Å². The van der Waals surface area contributed by atoms with E-state index >= 15 is 0 Å². The molecule has 0 spiro atoms. The molecule has 5 nitrogen and oxygen atoms in total. The van der Waals surface area contributed by atoms with Crippen LogP contribution in [0.25, 0.3) is 21.3 Å². The zero-order valence-corrected chi connectivity index (χ0v) is 16.3. The van der Waals surface area contributed by atoms with Gasteiger partial charge in [0.15, 0.2) is 0 Å². The van der Waals surface area contributed by atoms with Crippen LogP contribution in [0.3, 0.4) is 0 Å². The Morgan fingerprint density at radius 2 is 2.07 bits per heavy atom. The Morgan fingerprint density at radius 3 is 2.85 bits per heavy atom. The van der Waals surface area contributed by atoms with Crippen LogP contribution in [0.4, 0.5) is 0 Å². The number of nitrogens with zero attached hydrogens (tertiary/aromatic N) is 2. The fraction of sp³-hybridized carbons (Fsp3) is 0.381. The van der Waals surface area contributed by atoms with Gasteiger partial charge in [0, 0.05) is 10.9 Å². The van der Waals surface area contributed by atoms with E-state index in [1.54, 1.807) is 13.8 Å². The summed E-state index contributed by atoms with van der Waals surface area (Å²) in [6.07, 6.45) is 6.12. The summed E-state index contributed by atoms with van der Waals surface area (Å²) in [4.78, 5) is 30.3. The number of fused-ring (bicyclic) bond motifs is 2. The lowest BCUT2D eigenvalue weighted by Crippen LogP contribution is -2.29. The standard InChI is InChI=1S/C21H22N2O3S/c1-3-26-21(25)13(2)23-12-22-19-18(20(23)24)17(11-27-19)16-9-8-14-6-4-5-7-15(14)10-16/h8-13H,3-7H2,1-2H3. The predicted octanol–water partition coefficient (Wildman–Crippen LogP) is 4.13. The van der Waals surface area contributed by atoms with E-state index in [1.165, 1.54) is 46.2 Å². The third-order valence-corrected chi connectivity index (χ3v) is 6.11. The maximum Gasteiger partial charge on any atom is 0.328 e. The number of thiophene rings is 1. The largest absolute Gasteiger partial charge is 0.464 e. The molecule has 2 heterocycles. The van der Waals surface area contributed by atoms with Crippen molar-refractivity contribution in [1.29, 1.82) is 0 Å². The summed E-state index contributed by atoms with van der Waals surface area (Å²) >= 11 is 1.46. The number of aryl methyl sites for hydroxylation is 2. The van der Waals surface area contributed by atoms with Crippen LogP contribution in [-0.2, 0) is 22.4 Å². The summed E-state index contributed by atoms with van der Waals surface area (Å²) in [6, 6.07) is 5.79. The second-order valence-corrected chi connectivity index (χ2v) is 7.76. The molecule has 0 bridgehead atoms. The lowest BCUT2D eigenvalue weighted by molar-refractivity contribution is -0.146. The number of aromatic nitrogens is 2. The topological polar surface area (TPSA) is 61.2 Å². The smallest absolute Gasteiger partial charge is 0.328 e. The molecule has 0 N–H and O–H groups in total. The van der Waals surface area contributed by atoms with Crippen molar-refractivity contribution < 1.29 is 9.53 Å². The third kappa shape index (κ3) is 3.18. The summed E-state index contributed by atoms with van der Waals surface area (Å²) in [5, 5.41) is 2.57. The van der Waals surface area contributed by atoms with Crippen LogP contribution in [-0.4, -0.2) is 22.1 Å². The van der Waals surface area contributed by atoms with Crippen molar-refractivity contribution in [2.45, 2.75) is 45.6 Å². The van der Waals surface area contributed by atoms with Gasteiger partial charge in [0.2, 0.25) is 0 Å². The van der Waals surface area contributed by atoms with Crippen molar-refractivity contribution in [2.75, 3.05) is 6.61 Å². The van der Waals surface area contributed by atoms with Gasteiger partial charge in [-0.25, -0.2) is 9.78 Å².